The number of likely N-dealkylation sites (N-methyl/N-ethyl adjacent to an activating group) is 1. The molecular formula is C18H23NO. The third-order valence-electron chi connectivity index (χ3n) is 4.72. The maximum Gasteiger partial charge on any atom is 0.134 e. The van der Waals surface area contributed by atoms with Crippen LogP contribution in [0.4, 0.5) is 0 Å². The van der Waals surface area contributed by atoms with E-state index in [4.69, 9.17) is 4.42 Å². The Morgan fingerprint density at radius 2 is 2.25 bits per heavy atom. The topological polar surface area (TPSA) is 25.2 Å². The number of nitrogens with one attached hydrogen (secondary N) is 1. The van der Waals surface area contributed by atoms with Crippen LogP contribution in [0.3, 0.4) is 0 Å². The first kappa shape index (κ1) is 13.4. The molecule has 2 heteroatoms. The first-order valence-corrected chi connectivity index (χ1v) is 7.62. The lowest BCUT2D eigenvalue weighted by Gasteiger charge is -2.44. The lowest BCUT2D eigenvalue weighted by atomic mass is 9.68. The fourth-order valence-electron chi connectivity index (χ4n) is 3.36. The summed E-state index contributed by atoms with van der Waals surface area (Å²) < 4.78 is 5.52. The fourth-order valence-corrected chi connectivity index (χ4v) is 3.36. The normalized spacial score (nSPS) is 18.6. The van der Waals surface area contributed by atoms with E-state index in [0.717, 1.165) is 18.5 Å². The van der Waals surface area contributed by atoms with Gasteiger partial charge in [0.25, 0.3) is 0 Å². The standard InChI is InChI=1S/C18H23NO/c1-3-18(19-4-2,16-6-5-7-16)13-14-8-9-15-10-11-20-17(15)12-14/h3,8-12,16,19H,1,4-7,13H2,2H3. The minimum absolute atomic E-state index is 0.0350. The Hall–Kier alpha value is -1.54. The summed E-state index contributed by atoms with van der Waals surface area (Å²) in [6.07, 6.45) is 8.84. The number of furan rings is 1. The Morgan fingerprint density at radius 3 is 2.90 bits per heavy atom. The van der Waals surface area contributed by atoms with E-state index >= 15 is 0 Å². The molecule has 106 valence electrons. The van der Waals surface area contributed by atoms with Crippen LogP contribution in [0.25, 0.3) is 11.0 Å². The van der Waals surface area contributed by atoms with Gasteiger partial charge in [-0.2, -0.15) is 0 Å². The van der Waals surface area contributed by atoms with Crippen molar-refractivity contribution in [2.24, 2.45) is 5.92 Å². The Labute approximate surface area is 120 Å². The molecule has 1 atom stereocenters. The number of hydrogen-bond donors (Lipinski definition) is 1. The molecule has 1 aliphatic rings. The summed E-state index contributed by atoms with van der Waals surface area (Å²) in [5, 5.41) is 4.86. The van der Waals surface area contributed by atoms with Gasteiger partial charge in [0.2, 0.25) is 0 Å². The van der Waals surface area contributed by atoms with E-state index < -0.39 is 0 Å². The van der Waals surface area contributed by atoms with Crippen molar-refractivity contribution in [3.8, 4) is 0 Å². The van der Waals surface area contributed by atoms with Crippen LogP contribution in [-0.2, 0) is 6.42 Å². The minimum Gasteiger partial charge on any atom is -0.464 e. The van der Waals surface area contributed by atoms with E-state index in [9.17, 15) is 0 Å². The summed E-state index contributed by atoms with van der Waals surface area (Å²) >= 11 is 0. The van der Waals surface area contributed by atoms with Gasteiger partial charge in [-0.1, -0.05) is 31.6 Å². The molecule has 0 amide bonds. The maximum absolute atomic E-state index is 5.52. The van der Waals surface area contributed by atoms with Gasteiger partial charge in [-0.15, -0.1) is 6.58 Å². The van der Waals surface area contributed by atoms with Crippen LogP contribution in [0.15, 0.2) is 47.6 Å². The maximum atomic E-state index is 5.52. The Kier molecular flexibility index (Phi) is 3.66. The molecule has 0 saturated heterocycles. The van der Waals surface area contributed by atoms with Crippen LogP contribution in [0.2, 0.25) is 0 Å². The van der Waals surface area contributed by atoms with Crippen molar-refractivity contribution < 1.29 is 4.42 Å². The highest BCUT2D eigenvalue weighted by atomic mass is 16.3. The van der Waals surface area contributed by atoms with E-state index in [2.05, 4.69) is 43.1 Å². The van der Waals surface area contributed by atoms with Gasteiger partial charge in [0.1, 0.15) is 5.58 Å². The second-order valence-electron chi connectivity index (χ2n) is 5.87. The SMILES string of the molecule is C=CC(Cc1ccc2ccoc2c1)(NCC)C1CCC1. The zero-order valence-corrected chi connectivity index (χ0v) is 12.2. The van der Waals surface area contributed by atoms with Crippen LogP contribution in [0.1, 0.15) is 31.7 Å². The summed E-state index contributed by atoms with van der Waals surface area (Å²) in [6.45, 7) is 7.27. The van der Waals surface area contributed by atoms with Crippen LogP contribution < -0.4 is 5.32 Å². The molecule has 2 aromatic rings. The summed E-state index contributed by atoms with van der Waals surface area (Å²) in [4.78, 5) is 0. The molecule has 0 radical (unpaired) electrons. The fraction of sp³-hybridized carbons (Fsp3) is 0.444. The average molecular weight is 269 g/mol. The molecule has 3 rings (SSSR count). The van der Waals surface area contributed by atoms with Gasteiger partial charge >= 0.3 is 0 Å². The van der Waals surface area contributed by atoms with Gasteiger partial charge < -0.3 is 9.73 Å². The van der Waals surface area contributed by atoms with Crippen LogP contribution >= 0.6 is 0 Å². The highest BCUT2D eigenvalue weighted by Gasteiger charge is 2.38. The summed E-state index contributed by atoms with van der Waals surface area (Å²) in [5.74, 6) is 0.715. The van der Waals surface area contributed by atoms with Gasteiger partial charge in [-0.3, -0.25) is 0 Å². The zero-order chi connectivity index (χ0) is 14.0. The highest BCUT2D eigenvalue weighted by molar-refractivity contribution is 5.77. The van der Waals surface area contributed by atoms with Crippen molar-refractivity contribution in [3.05, 3.63) is 48.7 Å². The van der Waals surface area contributed by atoms with Crippen molar-refractivity contribution >= 4 is 11.0 Å². The van der Waals surface area contributed by atoms with Crippen molar-refractivity contribution in [1.82, 2.24) is 5.32 Å². The summed E-state index contributed by atoms with van der Waals surface area (Å²) in [6, 6.07) is 8.54. The summed E-state index contributed by atoms with van der Waals surface area (Å²) in [7, 11) is 0. The Balaban J connectivity index is 1.89. The molecule has 1 aliphatic carbocycles. The van der Waals surface area contributed by atoms with Crippen molar-refractivity contribution in [2.45, 2.75) is 38.1 Å². The molecule has 0 bridgehead atoms. The van der Waals surface area contributed by atoms with E-state index in [0.29, 0.717) is 5.92 Å². The molecule has 0 spiro atoms. The van der Waals surface area contributed by atoms with Crippen molar-refractivity contribution in [1.29, 1.82) is 0 Å². The highest BCUT2D eigenvalue weighted by Crippen LogP contribution is 2.39. The van der Waals surface area contributed by atoms with E-state index in [1.54, 1.807) is 6.26 Å². The van der Waals surface area contributed by atoms with Crippen molar-refractivity contribution in [2.75, 3.05) is 6.54 Å². The van der Waals surface area contributed by atoms with Crippen LogP contribution in [0.5, 0.6) is 0 Å². The lowest BCUT2D eigenvalue weighted by Crippen LogP contribution is -2.53. The smallest absolute Gasteiger partial charge is 0.134 e. The van der Waals surface area contributed by atoms with Gasteiger partial charge in [-0.25, -0.2) is 0 Å². The molecular weight excluding hydrogens is 246 g/mol. The molecule has 1 unspecified atom stereocenters. The van der Waals surface area contributed by atoms with Gasteiger partial charge in [0.05, 0.1) is 6.26 Å². The van der Waals surface area contributed by atoms with E-state index in [-0.39, 0.29) is 5.54 Å². The van der Waals surface area contributed by atoms with Gasteiger partial charge in [0.15, 0.2) is 0 Å². The van der Waals surface area contributed by atoms with E-state index in [1.807, 2.05) is 6.07 Å². The van der Waals surface area contributed by atoms with E-state index in [1.165, 1.54) is 30.2 Å². The number of hydrogen-bond acceptors (Lipinski definition) is 2. The largest absolute Gasteiger partial charge is 0.464 e. The number of benzene rings is 1. The minimum atomic E-state index is 0.0350. The molecule has 2 nitrogen and oxygen atoms in total. The second kappa shape index (κ2) is 5.45. The molecule has 1 aromatic carbocycles. The number of fused-ring (bicyclic) bond motifs is 1. The molecule has 1 N–H and O–H groups in total. The molecule has 1 saturated carbocycles. The predicted octanol–water partition coefficient (Wildman–Crippen LogP) is 4.31. The number of rotatable bonds is 6. The Bertz CT molecular complexity index is 596. The third kappa shape index (κ3) is 2.29. The zero-order valence-electron chi connectivity index (χ0n) is 12.2. The first-order chi connectivity index (χ1) is 9.77. The lowest BCUT2D eigenvalue weighted by molar-refractivity contribution is 0.169. The Morgan fingerprint density at radius 1 is 1.40 bits per heavy atom. The monoisotopic (exact) mass is 269 g/mol. The molecule has 1 heterocycles. The molecule has 1 fully saturated rings. The first-order valence-electron chi connectivity index (χ1n) is 7.62. The average Bonchev–Trinajstić information content (AvgIpc) is 2.84. The summed E-state index contributed by atoms with van der Waals surface area (Å²) in [5.41, 5.74) is 2.33. The third-order valence-corrected chi connectivity index (χ3v) is 4.72. The predicted molar refractivity (Wildman–Crippen MR) is 83.9 cm³/mol. The van der Waals surface area contributed by atoms with Gasteiger partial charge in [-0.05, 0) is 49.4 Å². The van der Waals surface area contributed by atoms with Crippen molar-refractivity contribution in [3.63, 3.8) is 0 Å². The quantitative estimate of drug-likeness (QED) is 0.790. The molecule has 0 aliphatic heterocycles. The van der Waals surface area contributed by atoms with Crippen LogP contribution in [-0.4, -0.2) is 12.1 Å². The molecule has 1 aromatic heterocycles. The van der Waals surface area contributed by atoms with Crippen LogP contribution in [0, 0.1) is 5.92 Å². The second-order valence-corrected chi connectivity index (χ2v) is 5.87. The molecule has 20 heavy (non-hydrogen) atoms. The van der Waals surface area contributed by atoms with Gasteiger partial charge in [0, 0.05) is 10.9 Å².